The van der Waals surface area contributed by atoms with E-state index in [1.807, 2.05) is 6.07 Å². The van der Waals surface area contributed by atoms with Crippen LogP contribution < -0.4 is 0 Å². The molecule has 5 heteroatoms. The summed E-state index contributed by atoms with van der Waals surface area (Å²) in [5.74, 6) is -4.63. The Bertz CT molecular complexity index is 976. The summed E-state index contributed by atoms with van der Waals surface area (Å²) in [5.41, 5.74) is 1.93. The van der Waals surface area contributed by atoms with Crippen LogP contribution in [0, 0.1) is 6.92 Å². The van der Waals surface area contributed by atoms with Crippen LogP contribution in [-0.2, 0) is 4.74 Å². The van der Waals surface area contributed by atoms with Crippen LogP contribution in [0.1, 0.15) is 46.0 Å². The van der Waals surface area contributed by atoms with Crippen molar-refractivity contribution in [1.29, 1.82) is 0 Å². The molecule has 0 aliphatic heterocycles. The normalized spacial score (nSPS) is 20.9. The van der Waals surface area contributed by atoms with Crippen molar-refractivity contribution in [3.63, 3.8) is 0 Å². The Hall–Kier alpha value is -2.69. The minimum absolute atomic E-state index is 0.238. The molecular formula is C21H18F2O3. The van der Waals surface area contributed by atoms with Gasteiger partial charge in [-0.3, -0.25) is 0 Å². The standard InChI is InChI=1S/C21H18F2O3/c1-3-25-20(24)17-12(2)26-16-10-9-14(11-15(16)17)19-18(21(19,22)23)13-7-5-4-6-8-13/h4-11,18-19H,3H2,1-2H3. The second-order valence-electron chi connectivity index (χ2n) is 6.55. The van der Waals surface area contributed by atoms with Gasteiger partial charge in [0.05, 0.1) is 18.4 Å². The molecular weight excluding hydrogens is 338 g/mol. The molecule has 0 N–H and O–H groups in total. The molecule has 2 aromatic carbocycles. The van der Waals surface area contributed by atoms with Crippen LogP contribution in [0.15, 0.2) is 52.9 Å². The Morgan fingerprint density at radius 2 is 1.81 bits per heavy atom. The van der Waals surface area contributed by atoms with Gasteiger partial charge in [0.15, 0.2) is 0 Å². The molecule has 1 fully saturated rings. The molecule has 2 unspecified atom stereocenters. The maximum atomic E-state index is 14.5. The highest BCUT2D eigenvalue weighted by Gasteiger charge is 2.69. The molecule has 0 amide bonds. The zero-order valence-corrected chi connectivity index (χ0v) is 14.5. The fraction of sp³-hybridized carbons (Fsp3) is 0.286. The van der Waals surface area contributed by atoms with Gasteiger partial charge in [-0.05, 0) is 37.1 Å². The molecule has 1 heterocycles. The van der Waals surface area contributed by atoms with Crippen molar-refractivity contribution in [3.05, 3.63) is 71.0 Å². The number of ether oxygens (including phenoxy) is 1. The number of fused-ring (bicyclic) bond motifs is 1. The zero-order chi connectivity index (χ0) is 18.5. The van der Waals surface area contributed by atoms with E-state index in [0.717, 1.165) is 0 Å². The number of esters is 1. The quantitative estimate of drug-likeness (QED) is 0.585. The average Bonchev–Trinajstić information content (AvgIpc) is 3.03. The molecule has 3 nitrogen and oxygen atoms in total. The van der Waals surface area contributed by atoms with E-state index in [0.29, 0.717) is 33.4 Å². The molecule has 2 atom stereocenters. The topological polar surface area (TPSA) is 39.4 Å². The second-order valence-corrected chi connectivity index (χ2v) is 6.55. The number of hydrogen-bond acceptors (Lipinski definition) is 3. The van der Waals surface area contributed by atoms with E-state index >= 15 is 0 Å². The van der Waals surface area contributed by atoms with E-state index < -0.39 is 23.7 Å². The molecule has 1 saturated carbocycles. The second kappa shape index (κ2) is 5.94. The van der Waals surface area contributed by atoms with Gasteiger partial charge in [-0.2, -0.15) is 0 Å². The first-order valence-corrected chi connectivity index (χ1v) is 8.58. The van der Waals surface area contributed by atoms with Crippen LogP contribution in [-0.4, -0.2) is 18.5 Å². The van der Waals surface area contributed by atoms with Crippen LogP contribution >= 0.6 is 0 Å². The van der Waals surface area contributed by atoms with Gasteiger partial charge in [-0.1, -0.05) is 36.4 Å². The number of halogens is 2. The van der Waals surface area contributed by atoms with Crippen molar-refractivity contribution in [2.45, 2.75) is 31.6 Å². The minimum Gasteiger partial charge on any atom is -0.462 e. The lowest BCUT2D eigenvalue weighted by Crippen LogP contribution is -2.05. The third-order valence-corrected chi connectivity index (χ3v) is 4.94. The summed E-state index contributed by atoms with van der Waals surface area (Å²) in [5, 5.41) is 0.521. The van der Waals surface area contributed by atoms with Gasteiger partial charge in [0.25, 0.3) is 5.92 Å². The lowest BCUT2D eigenvalue weighted by atomic mass is 10.0. The molecule has 134 valence electrons. The summed E-state index contributed by atoms with van der Waals surface area (Å²) in [6, 6.07) is 13.7. The van der Waals surface area contributed by atoms with E-state index in [9.17, 15) is 13.6 Å². The number of benzene rings is 2. The first-order chi connectivity index (χ1) is 12.4. The number of alkyl halides is 2. The SMILES string of the molecule is CCOC(=O)c1c(C)oc2ccc(C3C(c4ccccc4)C3(F)F)cc12. The summed E-state index contributed by atoms with van der Waals surface area (Å²) in [7, 11) is 0. The van der Waals surface area contributed by atoms with E-state index in [1.54, 1.807) is 56.3 Å². The third-order valence-electron chi connectivity index (χ3n) is 4.94. The molecule has 3 aromatic rings. The van der Waals surface area contributed by atoms with Gasteiger partial charge in [0.2, 0.25) is 0 Å². The molecule has 1 aliphatic carbocycles. The summed E-state index contributed by atoms with van der Waals surface area (Å²) in [6.45, 7) is 3.63. The molecule has 1 aliphatic rings. The summed E-state index contributed by atoms with van der Waals surface area (Å²) in [4.78, 5) is 12.2. The predicted molar refractivity (Wildman–Crippen MR) is 93.8 cm³/mol. The van der Waals surface area contributed by atoms with E-state index in [-0.39, 0.29) is 6.61 Å². The van der Waals surface area contributed by atoms with E-state index in [1.165, 1.54) is 0 Å². The van der Waals surface area contributed by atoms with Crippen LogP contribution in [0.5, 0.6) is 0 Å². The summed E-state index contributed by atoms with van der Waals surface area (Å²) in [6.07, 6.45) is 0. The van der Waals surface area contributed by atoms with Crippen molar-refractivity contribution < 1.29 is 22.7 Å². The molecule has 1 aromatic heterocycles. The first kappa shape index (κ1) is 16.8. The summed E-state index contributed by atoms with van der Waals surface area (Å²) >= 11 is 0. The zero-order valence-electron chi connectivity index (χ0n) is 14.5. The van der Waals surface area contributed by atoms with Crippen LogP contribution in [0.2, 0.25) is 0 Å². The highest BCUT2D eigenvalue weighted by molar-refractivity contribution is 6.04. The lowest BCUT2D eigenvalue weighted by molar-refractivity contribution is 0.0526. The lowest BCUT2D eigenvalue weighted by Gasteiger charge is -2.02. The van der Waals surface area contributed by atoms with Crippen LogP contribution in [0.4, 0.5) is 8.78 Å². The number of rotatable bonds is 4. The molecule has 0 saturated heterocycles. The number of carbonyl (C=O) groups is 1. The molecule has 4 rings (SSSR count). The fourth-order valence-corrected chi connectivity index (χ4v) is 3.70. The van der Waals surface area contributed by atoms with Crippen LogP contribution in [0.3, 0.4) is 0 Å². The maximum Gasteiger partial charge on any atom is 0.342 e. The van der Waals surface area contributed by atoms with Gasteiger partial charge in [0.1, 0.15) is 16.9 Å². The Morgan fingerprint density at radius 3 is 2.50 bits per heavy atom. The van der Waals surface area contributed by atoms with Crippen molar-refractivity contribution in [3.8, 4) is 0 Å². The highest BCUT2D eigenvalue weighted by atomic mass is 19.3. The molecule has 26 heavy (non-hydrogen) atoms. The average molecular weight is 356 g/mol. The van der Waals surface area contributed by atoms with Gasteiger partial charge in [0, 0.05) is 5.39 Å². The van der Waals surface area contributed by atoms with Crippen molar-refractivity contribution >= 4 is 16.9 Å². The minimum atomic E-state index is -2.81. The van der Waals surface area contributed by atoms with Gasteiger partial charge in [-0.15, -0.1) is 0 Å². The van der Waals surface area contributed by atoms with Crippen molar-refractivity contribution in [1.82, 2.24) is 0 Å². The van der Waals surface area contributed by atoms with Gasteiger partial charge < -0.3 is 9.15 Å². The monoisotopic (exact) mass is 356 g/mol. The van der Waals surface area contributed by atoms with Gasteiger partial charge in [-0.25, -0.2) is 13.6 Å². The number of aryl methyl sites for hydroxylation is 1. The first-order valence-electron chi connectivity index (χ1n) is 8.58. The molecule has 0 radical (unpaired) electrons. The highest BCUT2D eigenvalue weighted by Crippen LogP contribution is 2.67. The van der Waals surface area contributed by atoms with Crippen molar-refractivity contribution in [2.75, 3.05) is 6.61 Å². The Balaban J connectivity index is 1.76. The van der Waals surface area contributed by atoms with E-state index in [2.05, 4.69) is 0 Å². The predicted octanol–water partition coefficient (Wildman–Crippen LogP) is 5.43. The van der Waals surface area contributed by atoms with E-state index in [4.69, 9.17) is 9.15 Å². The molecule has 0 spiro atoms. The Kier molecular flexibility index (Phi) is 3.83. The summed E-state index contributed by atoms with van der Waals surface area (Å²) < 4.78 is 39.7. The van der Waals surface area contributed by atoms with Crippen molar-refractivity contribution in [2.24, 2.45) is 0 Å². The fourth-order valence-electron chi connectivity index (χ4n) is 3.70. The largest absolute Gasteiger partial charge is 0.462 e. The molecule has 0 bridgehead atoms. The Labute approximate surface area is 149 Å². The van der Waals surface area contributed by atoms with Crippen LogP contribution in [0.25, 0.3) is 11.0 Å². The Morgan fingerprint density at radius 1 is 1.12 bits per heavy atom. The third kappa shape index (κ3) is 2.50. The number of furan rings is 1. The maximum absolute atomic E-state index is 14.5. The van der Waals surface area contributed by atoms with Gasteiger partial charge >= 0.3 is 5.97 Å². The smallest absolute Gasteiger partial charge is 0.342 e. The number of hydrogen-bond donors (Lipinski definition) is 0. The number of carbonyl (C=O) groups excluding carboxylic acids is 1.